The van der Waals surface area contributed by atoms with Crippen LogP contribution in [-0.2, 0) is 4.74 Å². The summed E-state index contributed by atoms with van der Waals surface area (Å²) >= 11 is 1.51. The molecule has 0 aliphatic rings. The molecule has 114 valence electrons. The van der Waals surface area contributed by atoms with Gasteiger partial charge in [0.1, 0.15) is 0 Å². The Morgan fingerprint density at radius 1 is 1.14 bits per heavy atom. The molecular weight excluding hydrogens is 298 g/mol. The molecule has 4 nitrogen and oxygen atoms in total. The van der Waals surface area contributed by atoms with Crippen molar-refractivity contribution in [3.05, 3.63) is 59.7 Å². The number of anilines is 1. The van der Waals surface area contributed by atoms with Crippen LogP contribution < -0.4 is 5.32 Å². The first-order chi connectivity index (χ1) is 10.7. The summed E-state index contributed by atoms with van der Waals surface area (Å²) in [6, 6.07) is 14.1. The number of nitrogens with one attached hydrogen (secondary N) is 1. The van der Waals surface area contributed by atoms with Crippen LogP contribution in [0.1, 0.15) is 27.6 Å². The molecule has 0 aliphatic carbocycles. The SMILES string of the molecule is CCOC(=O)c1cccc(NC(=O)c2ccccc2SC)c1. The van der Waals surface area contributed by atoms with Gasteiger partial charge >= 0.3 is 5.97 Å². The Bertz CT molecular complexity index is 685. The predicted molar refractivity (Wildman–Crippen MR) is 88.6 cm³/mol. The topological polar surface area (TPSA) is 55.4 Å². The number of benzene rings is 2. The molecule has 0 spiro atoms. The molecule has 2 aromatic carbocycles. The molecule has 2 aromatic rings. The van der Waals surface area contributed by atoms with E-state index in [9.17, 15) is 9.59 Å². The Balaban J connectivity index is 2.18. The van der Waals surface area contributed by atoms with E-state index in [1.807, 2.05) is 24.5 Å². The second-order valence-corrected chi connectivity index (χ2v) is 5.30. The van der Waals surface area contributed by atoms with Crippen molar-refractivity contribution in [3.8, 4) is 0 Å². The molecule has 0 heterocycles. The van der Waals surface area contributed by atoms with Crippen LogP contribution in [0.15, 0.2) is 53.4 Å². The van der Waals surface area contributed by atoms with Crippen molar-refractivity contribution in [1.29, 1.82) is 0 Å². The Kier molecular flexibility index (Phi) is 5.61. The maximum Gasteiger partial charge on any atom is 0.338 e. The number of esters is 1. The summed E-state index contributed by atoms with van der Waals surface area (Å²) in [4.78, 5) is 25.0. The Labute approximate surface area is 133 Å². The zero-order valence-electron chi connectivity index (χ0n) is 12.5. The lowest BCUT2D eigenvalue weighted by molar-refractivity contribution is 0.0526. The number of hydrogen-bond donors (Lipinski definition) is 1. The Morgan fingerprint density at radius 2 is 1.91 bits per heavy atom. The maximum absolute atomic E-state index is 12.4. The van der Waals surface area contributed by atoms with Crippen LogP contribution in [0.25, 0.3) is 0 Å². The Hall–Kier alpha value is -2.27. The van der Waals surface area contributed by atoms with Gasteiger partial charge in [-0.05, 0) is 43.5 Å². The van der Waals surface area contributed by atoms with E-state index in [2.05, 4.69) is 5.32 Å². The normalized spacial score (nSPS) is 10.1. The molecule has 0 fully saturated rings. The van der Waals surface area contributed by atoms with Crippen molar-refractivity contribution in [2.75, 3.05) is 18.2 Å². The molecule has 0 saturated heterocycles. The van der Waals surface area contributed by atoms with Gasteiger partial charge in [-0.2, -0.15) is 0 Å². The summed E-state index contributed by atoms with van der Waals surface area (Å²) in [6.07, 6.45) is 1.92. The quantitative estimate of drug-likeness (QED) is 0.673. The van der Waals surface area contributed by atoms with Gasteiger partial charge in [0, 0.05) is 10.6 Å². The minimum atomic E-state index is -0.400. The molecule has 22 heavy (non-hydrogen) atoms. The molecule has 5 heteroatoms. The van der Waals surface area contributed by atoms with E-state index in [-0.39, 0.29) is 5.91 Å². The Morgan fingerprint density at radius 3 is 2.64 bits per heavy atom. The lowest BCUT2D eigenvalue weighted by atomic mass is 10.1. The van der Waals surface area contributed by atoms with E-state index >= 15 is 0 Å². The van der Waals surface area contributed by atoms with Gasteiger partial charge in [0.25, 0.3) is 5.91 Å². The molecule has 0 saturated carbocycles. The van der Waals surface area contributed by atoms with E-state index in [0.29, 0.717) is 23.4 Å². The highest BCUT2D eigenvalue weighted by molar-refractivity contribution is 7.98. The van der Waals surface area contributed by atoms with E-state index < -0.39 is 5.97 Å². The summed E-state index contributed by atoms with van der Waals surface area (Å²) in [5.74, 6) is -0.603. The van der Waals surface area contributed by atoms with Gasteiger partial charge in [0.15, 0.2) is 0 Å². The number of hydrogen-bond acceptors (Lipinski definition) is 4. The number of carbonyl (C=O) groups is 2. The molecular formula is C17H17NO3S. The van der Waals surface area contributed by atoms with Gasteiger partial charge < -0.3 is 10.1 Å². The number of carbonyl (C=O) groups excluding carboxylic acids is 2. The largest absolute Gasteiger partial charge is 0.462 e. The average Bonchev–Trinajstić information content (AvgIpc) is 2.55. The molecule has 0 radical (unpaired) electrons. The van der Waals surface area contributed by atoms with Crippen LogP contribution in [0.2, 0.25) is 0 Å². The highest BCUT2D eigenvalue weighted by Crippen LogP contribution is 2.21. The third-order valence-corrected chi connectivity index (χ3v) is 3.78. The molecule has 0 bridgehead atoms. The summed E-state index contributed by atoms with van der Waals surface area (Å²) < 4.78 is 4.95. The molecule has 0 unspecified atom stereocenters. The van der Waals surface area contributed by atoms with Gasteiger partial charge in [-0.3, -0.25) is 4.79 Å². The van der Waals surface area contributed by atoms with Gasteiger partial charge in [-0.1, -0.05) is 18.2 Å². The van der Waals surface area contributed by atoms with Crippen LogP contribution in [-0.4, -0.2) is 24.7 Å². The maximum atomic E-state index is 12.4. The van der Waals surface area contributed by atoms with Crippen LogP contribution >= 0.6 is 11.8 Å². The first-order valence-electron chi connectivity index (χ1n) is 6.87. The second kappa shape index (κ2) is 7.66. The zero-order valence-corrected chi connectivity index (χ0v) is 13.3. The van der Waals surface area contributed by atoms with Gasteiger partial charge in [-0.25, -0.2) is 4.79 Å². The third-order valence-electron chi connectivity index (χ3n) is 2.98. The highest BCUT2D eigenvalue weighted by atomic mass is 32.2. The second-order valence-electron chi connectivity index (χ2n) is 4.46. The number of amides is 1. The smallest absolute Gasteiger partial charge is 0.338 e. The molecule has 0 atom stereocenters. The van der Waals surface area contributed by atoms with Crippen molar-refractivity contribution in [1.82, 2.24) is 0 Å². The molecule has 2 rings (SSSR count). The van der Waals surface area contributed by atoms with Crippen molar-refractivity contribution < 1.29 is 14.3 Å². The monoisotopic (exact) mass is 315 g/mol. The van der Waals surface area contributed by atoms with E-state index in [0.717, 1.165) is 4.90 Å². The summed E-state index contributed by atoms with van der Waals surface area (Å²) in [5, 5.41) is 2.81. The standard InChI is InChI=1S/C17H17NO3S/c1-3-21-17(20)12-7-6-8-13(11-12)18-16(19)14-9-4-5-10-15(14)22-2/h4-11H,3H2,1-2H3,(H,18,19). The zero-order chi connectivity index (χ0) is 15.9. The van der Waals surface area contributed by atoms with Gasteiger partial charge in [-0.15, -0.1) is 11.8 Å². The molecule has 1 amide bonds. The fraction of sp³-hybridized carbons (Fsp3) is 0.176. The minimum Gasteiger partial charge on any atom is -0.462 e. The lowest BCUT2D eigenvalue weighted by Crippen LogP contribution is -2.13. The third kappa shape index (κ3) is 3.89. The van der Waals surface area contributed by atoms with Crippen LogP contribution in [0.3, 0.4) is 0 Å². The van der Waals surface area contributed by atoms with Crippen LogP contribution in [0.5, 0.6) is 0 Å². The fourth-order valence-electron chi connectivity index (χ4n) is 1.97. The first-order valence-corrected chi connectivity index (χ1v) is 8.09. The minimum absolute atomic E-state index is 0.203. The lowest BCUT2D eigenvalue weighted by Gasteiger charge is -2.09. The summed E-state index contributed by atoms with van der Waals surface area (Å²) in [7, 11) is 0. The van der Waals surface area contributed by atoms with Gasteiger partial charge in [0.2, 0.25) is 0 Å². The van der Waals surface area contributed by atoms with Crippen molar-refractivity contribution in [2.45, 2.75) is 11.8 Å². The predicted octanol–water partition coefficient (Wildman–Crippen LogP) is 3.84. The van der Waals surface area contributed by atoms with E-state index in [1.165, 1.54) is 11.8 Å². The number of rotatable bonds is 5. The van der Waals surface area contributed by atoms with E-state index in [1.54, 1.807) is 37.3 Å². The summed E-state index contributed by atoms with van der Waals surface area (Å²) in [5.41, 5.74) is 1.58. The van der Waals surface area contributed by atoms with Crippen molar-refractivity contribution >= 4 is 29.3 Å². The number of thioether (sulfide) groups is 1. The van der Waals surface area contributed by atoms with Crippen LogP contribution in [0.4, 0.5) is 5.69 Å². The first kappa shape index (κ1) is 16.1. The average molecular weight is 315 g/mol. The molecule has 0 aliphatic heterocycles. The molecule has 1 N–H and O–H groups in total. The fourth-order valence-corrected chi connectivity index (χ4v) is 2.56. The van der Waals surface area contributed by atoms with Gasteiger partial charge in [0.05, 0.1) is 17.7 Å². The summed E-state index contributed by atoms with van der Waals surface area (Å²) in [6.45, 7) is 2.07. The van der Waals surface area contributed by atoms with E-state index in [4.69, 9.17) is 4.74 Å². The van der Waals surface area contributed by atoms with Crippen molar-refractivity contribution in [3.63, 3.8) is 0 Å². The van der Waals surface area contributed by atoms with Crippen LogP contribution in [0, 0.1) is 0 Å². The van der Waals surface area contributed by atoms with Crippen molar-refractivity contribution in [2.24, 2.45) is 0 Å². The number of ether oxygens (including phenoxy) is 1. The highest BCUT2D eigenvalue weighted by Gasteiger charge is 2.12. The molecule has 0 aromatic heterocycles.